The SMILES string of the molecule is CS(=O)(=O)Nc1ccccc1CNc1nc(Nc2ccccc2)ncc1C(F)(F)F. The highest BCUT2D eigenvalue weighted by Gasteiger charge is 2.35. The number of benzene rings is 2. The van der Waals surface area contributed by atoms with E-state index in [1.807, 2.05) is 0 Å². The van der Waals surface area contributed by atoms with E-state index in [9.17, 15) is 21.6 Å². The van der Waals surface area contributed by atoms with E-state index in [4.69, 9.17) is 0 Å². The van der Waals surface area contributed by atoms with Crippen molar-refractivity contribution in [2.24, 2.45) is 0 Å². The van der Waals surface area contributed by atoms with E-state index < -0.39 is 27.6 Å². The fourth-order valence-electron chi connectivity index (χ4n) is 2.59. The summed E-state index contributed by atoms with van der Waals surface area (Å²) in [5, 5.41) is 5.48. The third kappa shape index (κ3) is 5.83. The quantitative estimate of drug-likeness (QED) is 0.512. The van der Waals surface area contributed by atoms with Gasteiger partial charge in [0, 0.05) is 18.4 Å². The first kappa shape index (κ1) is 21.4. The molecule has 0 fully saturated rings. The van der Waals surface area contributed by atoms with Gasteiger partial charge in [-0.05, 0) is 23.8 Å². The molecule has 0 aliphatic rings. The Hall–Kier alpha value is -3.34. The van der Waals surface area contributed by atoms with Gasteiger partial charge in [-0.2, -0.15) is 18.2 Å². The Morgan fingerprint density at radius 3 is 2.33 bits per heavy atom. The molecule has 0 amide bonds. The molecule has 158 valence electrons. The average molecular weight is 437 g/mol. The van der Waals surface area contributed by atoms with E-state index in [-0.39, 0.29) is 18.2 Å². The Balaban J connectivity index is 1.88. The monoisotopic (exact) mass is 437 g/mol. The predicted molar refractivity (Wildman–Crippen MR) is 109 cm³/mol. The van der Waals surface area contributed by atoms with Gasteiger partial charge in [0.15, 0.2) is 0 Å². The first-order valence-electron chi connectivity index (χ1n) is 8.68. The molecule has 7 nitrogen and oxygen atoms in total. The lowest BCUT2D eigenvalue weighted by atomic mass is 10.2. The van der Waals surface area contributed by atoms with E-state index >= 15 is 0 Å². The predicted octanol–water partition coefficient (Wildman–Crippen LogP) is 4.22. The molecule has 0 saturated carbocycles. The van der Waals surface area contributed by atoms with Gasteiger partial charge in [-0.25, -0.2) is 13.4 Å². The molecule has 30 heavy (non-hydrogen) atoms. The zero-order valence-corrected chi connectivity index (χ0v) is 16.6. The fraction of sp³-hybridized carbons (Fsp3) is 0.158. The van der Waals surface area contributed by atoms with Crippen LogP contribution in [0.15, 0.2) is 60.8 Å². The molecule has 0 atom stereocenters. The molecule has 11 heteroatoms. The minimum atomic E-state index is -4.67. The van der Waals surface area contributed by atoms with Crippen LogP contribution >= 0.6 is 0 Å². The largest absolute Gasteiger partial charge is 0.421 e. The fourth-order valence-corrected chi connectivity index (χ4v) is 3.19. The van der Waals surface area contributed by atoms with Gasteiger partial charge in [0.2, 0.25) is 16.0 Å². The van der Waals surface area contributed by atoms with Crippen LogP contribution in [0.3, 0.4) is 0 Å². The van der Waals surface area contributed by atoms with Gasteiger partial charge in [0.1, 0.15) is 11.4 Å². The third-order valence-corrected chi connectivity index (χ3v) is 4.47. The molecule has 2 aromatic carbocycles. The summed E-state index contributed by atoms with van der Waals surface area (Å²) in [4.78, 5) is 7.71. The van der Waals surface area contributed by atoms with Gasteiger partial charge in [0.25, 0.3) is 0 Å². The highest BCUT2D eigenvalue weighted by Crippen LogP contribution is 2.34. The van der Waals surface area contributed by atoms with Crippen molar-refractivity contribution in [1.82, 2.24) is 9.97 Å². The van der Waals surface area contributed by atoms with Gasteiger partial charge in [-0.15, -0.1) is 0 Å². The van der Waals surface area contributed by atoms with Gasteiger partial charge in [0.05, 0.1) is 11.9 Å². The number of rotatable bonds is 7. The zero-order chi connectivity index (χ0) is 21.8. The molecule has 0 spiro atoms. The maximum Gasteiger partial charge on any atom is 0.421 e. The number of hydrogen-bond acceptors (Lipinski definition) is 6. The van der Waals surface area contributed by atoms with Crippen molar-refractivity contribution >= 4 is 33.2 Å². The molecule has 0 aliphatic heterocycles. The molecule has 1 aromatic heterocycles. The lowest BCUT2D eigenvalue weighted by molar-refractivity contribution is -0.137. The normalized spacial score (nSPS) is 11.7. The summed E-state index contributed by atoms with van der Waals surface area (Å²) in [6.45, 7) is -0.0937. The van der Waals surface area contributed by atoms with Crippen LogP contribution in [0.1, 0.15) is 11.1 Å². The second kappa shape index (κ2) is 8.57. The molecule has 0 bridgehead atoms. The molecule has 0 unspecified atom stereocenters. The summed E-state index contributed by atoms with van der Waals surface area (Å²) < 4.78 is 65.6. The summed E-state index contributed by atoms with van der Waals surface area (Å²) in [5.74, 6) is -0.440. The van der Waals surface area contributed by atoms with Gasteiger partial charge in [-0.3, -0.25) is 4.72 Å². The lowest BCUT2D eigenvalue weighted by Gasteiger charge is -2.16. The van der Waals surface area contributed by atoms with Crippen LogP contribution in [0.5, 0.6) is 0 Å². The third-order valence-electron chi connectivity index (χ3n) is 3.88. The second-order valence-electron chi connectivity index (χ2n) is 6.33. The van der Waals surface area contributed by atoms with Crippen LogP contribution in [0.2, 0.25) is 0 Å². The van der Waals surface area contributed by atoms with E-state index in [1.165, 1.54) is 6.07 Å². The molecule has 0 saturated heterocycles. The van der Waals surface area contributed by atoms with Crippen LogP contribution in [0, 0.1) is 0 Å². The molecule has 3 N–H and O–H groups in total. The first-order chi connectivity index (χ1) is 14.1. The molecule has 0 aliphatic carbocycles. The minimum Gasteiger partial charge on any atom is -0.365 e. The molecule has 3 rings (SSSR count). The first-order valence-corrected chi connectivity index (χ1v) is 10.6. The number of nitrogens with one attached hydrogen (secondary N) is 3. The molecular weight excluding hydrogens is 419 g/mol. The van der Waals surface area contributed by atoms with Crippen molar-refractivity contribution in [2.45, 2.75) is 12.7 Å². The van der Waals surface area contributed by atoms with E-state index in [0.29, 0.717) is 17.4 Å². The van der Waals surface area contributed by atoms with Crippen LogP contribution in [-0.4, -0.2) is 24.6 Å². The Morgan fingerprint density at radius 1 is 1.00 bits per heavy atom. The summed E-state index contributed by atoms with van der Waals surface area (Å²) >= 11 is 0. The standard InChI is InChI=1S/C19H18F3N5O2S/c1-30(28,29)27-16-10-6-5-7-13(16)11-23-17-15(19(20,21)22)12-24-18(26-17)25-14-8-3-2-4-9-14/h2-10,12,27H,11H2,1H3,(H2,23,24,25,26). The topological polar surface area (TPSA) is 96.0 Å². The van der Waals surface area contributed by atoms with Crippen molar-refractivity contribution in [2.75, 3.05) is 21.6 Å². The molecule has 1 heterocycles. The van der Waals surface area contributed by atoms with Crippen molar-refractivity contribution in [3.8, 4) is 0 Å². The molecule has 3 aromatic rings. The van der Waals surface area contributed by atoms with Crippen molar-refractivity contribution in [3.63, 3.8) is 0 Å². The van der Waals surface area contributed by atoms with Gasteiger partial charge < -0.3 is 10.6 Å². The van der Waals surface area contributed by atoms with Gasteiger partial charge in [-0.1, -0.05) is 36.4 Å². The molecule has 0 radical (unpaired) electrons. The smallest absolute Gasteiger partial charge is 0.365 e. The van der Waals surface area contributed by atoms with Crippen LogP contribution in [0.4, 0.5) is 36.3 Å². The van der Waals surface area contributed by atoms with E-state index in [2.05, 4.69) is 25.3 Å². The van der Waals surface area contributed by atoms with E-state index in [1.54, 1.807) is 48.5 Å². The highest BCUT2D eigenvalue weighted by atomic mass is 32.2. The second-order valence-corrected chi connectivity index (χ2v) is 8.08. The molecular formula is C19H18F3N5O2S. The maximum absolute atomic E-state index is 13.4. The Bertz CT molecular complexity index is 1120. The zero-order valence-electron chi connectivity index (χ0n) is 15.7. The van der Waals surface area contributed by atoms with E-state index in [0.717, 1.165) is 6.26 Å². The summed E-state index contributed by atoms with van der Waals surface area (Å²) in [6, 6.07) is 15.1. The maximum atomic E-state index is 13.4. The van der Waals surface area contributed by atoms with Crippen LogP contribution in [0.25, 0.3) is 0 Å². The summed E-state index contributed by atoms with van der Waals surface area (Å²) in [6.07, 6.45) is -2.98. The number of halogens is 3. The number of para-hydroxylation sites is 2. The van der Waals surface area contributed by atoms with Crippen molar-refractivity contribution in [1.29, 1.82) is 0 Å². The Morgan fingerprint density at radius 2 is 1.67 bits per heavy atom. The Kier molecular flexibility index (Phi) is 6.11. The van der Waals surface area contributed by atoms with Crippen LogP contribution < -0.4 is 15.4 Å². The summed E-state index contributed by atoms with van der Waals surface area (Å²) in [7, 11) is -3.55. The minimum absolute atomic E-state index is 0.0146. The van der Waals surface area contributed by atoms with Crippen molar-refractivity contribution < 1.29 is 21.6 Å². The van der Waals surface area contributed by atoms with Crippen molar-refractivity contribution in [3.05, 3.63) is 71.9 Å². The number of alkyl halides is 3. The average Bonchev–Trinajstić information content (AvgIpc) is 2.66. The highest BCUT2D eigenvalue weighted by molar-refractivity contribution is 7.92. The lowest BCUT2D eigenvalue weighted by Crippen LogP contribution is -2.16. The Labute approximate surface area is 171 Å². The number of anilines is 4. The number of sulfonamides is 1. The van der Waals surface area contributed by atoms with Crippen LogP contribution in [-0.2, 0) is 22.7 Å². The number of hydrogen-bond donors (Lipinski definition) is 3. The number of aromatic nitrogens is 2. The number of nitrogens with zero attached hydrogens (tertiary/aromatic N) is 2. The summed E-state index contributed by atoms with van der Waals surface area (Å²) in [5.41, 5.74) is 0.297. The van der Waals surface area contributed by atoms with Gasteiger partial charge >= 0.3 is 6.18 Å².